The molecule has 0 aliphatic rings. The number of sulfonamides is 1. The van der Waals surface area contributed by atoms with Crippen molar-refractivity contribution >= 4 is 37.1 Å². The molecule has 0 fully saturated rings. The first-order valence-electron chi connectivity index (χ1n) is 8.00. The summed E-state index contributed by atoms with van der Waals surface area (Å²) in [5.41, 5.74) is 1.15. The summed E-state index contributed by atoms with van der Waals surface area (Å²) >= 11 is 1.75. The summed E-state index contributed by atoms with van der Waals surface area (Å²) in [6.45, 7) is 6.56. The van der Waals surface area contributed by atoms with Crippen molar-refractivity contribution in [1.82, 2.24) is 4.72 Å². The smallest absolute Gasteiger partial charge is 0.216 e. The Morgan fingerprint density at radius 2 is 1.78 bits per heavy atom. The number of hydrogen-bond donors (Lipinski definition) is 2. The number of hydrogen-bond acceptors (Lipinski definition) is 4. The Morgan fingerprint density at radius 3 is 2.52 bits per heavy atom. The molecule has 0 atom stereocenters. The van der Waals surface area contributed by atoms with Crippen LogP contribution in [0.25, 0.3) is 10.1 Å². The van der Waals surface area contributed by atoms with Crippen LogP contribution in [0, 0.1) is 0 Å². The van der Waals surface area contributed by atoms with Gasteiger partial charge in [0.2, 0.25) is 10.0 Å². The van der Waals surface area contributed by atoms with Gasteiger partial charge in [0.15, 0.2) is 0 Å². The van der Waals surface area contributed by atoms with E-state index in [1.54, 1.807) is 32.1 Å². The summed E-state index contributed by atoms with van der Waals surface area (Å²) < 4.78 is 27.0. The molecule has 1 heterocycles. The van der Waals surface area contributed by atoms with Crippen molar-refractivity contribution in [3.63, 3.8) is 0 Å². The maximum Gasteiger partial charge on any atom is 0.216 e. The van der Waals surface area contributed by atoms with Crippen molar-refractivity contribution < 1.29 is 8.42 Å². The minimum absolute atomic E-state index is 0.515. The third-order valence-electron chi connectivity index (χ3n) is 3.74. The van der Waals surface area contributed by atoms with Crippen LogP contribution in [0.15, 0.2) is 29.6 Å². The molecule has 2 rings (SSSR count). The molecule has 0 unspecified atom stereocenters. The normalized spacial score (nSPS) is 12.7. The summed E-state index contributed by atoms with van der Waals surface area (Å²) in [6.07, 6.45) is 2.89. The third kappa shape index (κ3) is 5.19. The molecule has 2 aromatic rings. The Morgan fingerprint density at radius 1 is 1.04 bits per heavy atom. The molecule has 0 saturated heterocycles. The zero-order chi connectivity index (χ0) is 16.9. The maximum absolute atomic E-state index is 11.9. The molecular formula is C17H26N2O2S2. The Balaban J connectivity index is 1.63. The van der Waals surface area contributed by atoms with E-state index < -0.39 is 14.8 Å². The number of rotatable bonds is 8. The monoisotopic (exact) mass is 354 g/mol. The lowest BCUT2D eigenvalue weighted by atomic mass is 10.2. The number of fused-ring (bicyclic) bond motifs is 1. The minimum Gasteiger partial charge on any atom is -0.385 e. The van der Waals surface area contributed by atoms with E-state index in [1.165, 1.54) is 10.1 Å². The highest BCUT2D eigenvalue weighted by Crippen LogP contribution is 2.24. The first-order chi connectivity index (χ1) is 10.8. The molecule has 23 heavy (non-hydrogen) atoms. The molecule has 1 aromatic heterocycles. The fourth-order valence-electron chi connectivity index (χ4n) is 2.15. The van der Waals surface area contributed by atoms with Gasteiger partial charge in [-0.2, -0.15) is 0 Å². The SMILES string of the molecule is CC(C)(C)S(=O)(=O)NCCCCCNc1ccc2ccsc2c1. The van der Waals surface area contributed by atoms with Crippen molar-refractivity contribution in [3.8, 4) is 0 Å². The fourth-order valence-corrected chi connectivity index (χ4v) is 3.82. The summed E-state index contributed by atoms with van der Waals surface area (Å²) in [5, 5.41) is 6.81. The lowest BCUT2D eigenvalue weighted by Crippen LogP contribution is -2.39. The lowest BCUT2D eigenvalue weighted by Gasteiger charge is -2.19. The van der Waals surface area contributed by atoms with E-state index in [9.17, 15) is 8.42 Å². The highest BCUT2D eigenvalue weighted by atomic mass is 32.2. The highest BCUT2D eigenvalue weighted by molar-refractivity contribution is 7.90. The number of thiophene rings is 1. The van der Waals surface area contributed by atoms with Gasteiger partial charge in [-0.05, 0) is 62.6 Å². The maximum atomic E-state index is 11.9. The van der Waals surface area contributed by atoms with Crippen LogP contribution in [-0.2, 0) is 10.0 Å². The topological polar surface area (TPSA) is 58.2 Å². The van der Waals surface area contributed by atoms with Gasteiger partial charge in [0.05, 0.1) is 4.75 Å². The zero-order valence-electron chi connectivity index (χ0n) is 14.1. The largest absolute Gasteiger partial charge is 0.385 e. The summed E-state index contributed by atoms with van der Waals surface area (Å²) in [7, 11) is -3.21. The predicted octanol–water partition coefficient (Wildman–Crippen LogP) is 4.20. The van der Waals surface area contributed by atoms with Gasteiger partial charge in [-0.15, -0.1) is 11.3 Å². The second kappa shape index (κ2) is 7.64. The van der Waals surface area contributed by atoms with Crippen molar-refractivity contribution in [2.45, 2.75) is 44.8 Å². The predicted molar refractivity (Wildman–Crippen MR) is 101 cm³/mol. The van der Waals surface area contributed by atoms with Gasteiger partial charge in [0.1, 0.15) is 0 Å². The van der Waals surface area contributed by atoms with Crippen molar-refractivity contribution in [1.29, 1.82) is 0 Å². The molecule has 0 bridgehead atoms. The first-order valence-corrected chi connectivity index (χ1v) is 10.4. The van der Waals surface area contributed by atoms with Crippen LogP contribution >= 0.6 is 11.3 Å². The van der Waals surface area contributed by atoms with Gasteiger partial charge < -0.3 is 5.32 Å². The van der Waals surface area contributed by atoms with Gasteiger partial charge >= 0.3 is 0 Å². The quantitative estimate of drug-likeness (QED) is 0.699. The summed E-state index contributed by atoms with van der Waals surface area (Å²) in [6, 6.07) is 8.54. The van der Waals surface area contributed by atoms with Gasteiger partial charge in [0, 0.05) is 23.5 Å². The van der Waals surface area contributed by atoms with E-state index in [0.29, 0.717) is 6.54 Å². The van der Waals surface area contributed by atoms with Crippen molar-refractivity contribution in [2.24, 2.45) is 0 Å². The van der Waals surface area contributed by atoms with Crippen LogP contribution in [0.4, 0.5) is 5.69 Å². The second-order valence-corrected chi connectivity index (χ2v) is 10.1. The average molecular weight is 355 g/mol. The molecule has 0 spiro atoms. The lowest BCUT2D eigenvalue weighted by molar-refractivity contribution is 0.540. The van der Waals surface area contributed by atoms with Crippen LogP contribution in [0.5, 0.6) is 0 Å². The molecule has 0 aliphatic carbocycles. The van der Waals surface area contributed by atoms with E-state index >= 15 is 0 Å². The van der Waals surface area contributed by atoms with Crippen LogP contribution in [0.3, 0.4) is 0 Å². The van der Waals surface area contributed by atoms with E-state index in [2.05, 4.69) is 39.7 Å². The molecule has 128 valence electrons. The van der Waals surface area contributed by atoms with Crippen LogP contribution in [0.2, 0.25) is 0 Å². The first kappa shape index (κ1) is 18.2. The van der Waals surface area contributed by atoms with E-state index in [4.69, 9.17) is 0 Å². The third-order valence-corrected chi connectivity index (χ3v) is 6.81. The number of nitrogens with one attached hydrogen (secondary N) is 2. The van der Waals surface area contributed by atoms with Gasteiger partial charge in [-0.3, -0.25) is 0 Å². The van der Waals surface area contributed by atoms with E-state index in [1.807, 2.05) is 0 Å². The van der Waals surface area contributed by atoms with Crippen molar-refractivity contribution in [2.75, 3.05) is 18.4 Å². The minimum atomic E-state index is -3.21. The van der Waals surface area contributed by atoms with Crippen LogP contribution in [-0.4, -0.2) is 26.3 Å². The van der Waals surface area contributed by atoms with E-state index in [-0.39, 0.29) is 0 Å². The molecule has 0 amide bonds. The fraction of sp³-hybridized carbons (Fsp3) is 0.529. The zero-order valence-corrected chi connectivity index (χ0v) is 15.7. The van der Waals surface area contributed by atoms with Gasteiger partial charge in [-0.1, -0.05) is 12.5 Å². The van der Waals surface area contributed by atoms with Gasteiger partial charge in [0.25, 0.3) is 0 Å². The molecule has 2 N–H and O–H groups in total. The van der Waals surface area contributed by atoms with Crippen LogP contribution < -0.4 is 10.0 Å². The molecular weight excluding hydrogens is 328 g/mol. The standard InChI is InChI=1S/C17H26N2O2S2/c1-17(2,3)23(20,21)19-11-6-4-5-10-18-15-8-7-14-9-12-22-16(14)13-15/h7-9,12-13,18-19H,4-6,10-11H2,1-3H3. The second-order valence-electron chi connectivity index (χ2n) is 6.67. The van der Waals surface area contributed by atoms with E-state index in [0.717, 1.165) is 31.5 Å². The Bertz CT molecular complexity index is 730. The Labute approximate surface area is 143 Å². The average Bonchev–Trinajstić information content (AvgIpc) is 2.92. The molecule has 1 aromatic carbocycles. The number of benzene rings is 1. The van der Waals surface area contributed by atoms with Crippen LogP contribution in [0.1, 0.15) is 40.0 Å². The molecule has 0 saturated carbocycles. The summed E-state index contributed by atoms with van der Waals surface area (Å²) in [5.74, 6) is 0. The highest BCUT2D eigenvalue weighted by Gasteiger charge is 2.27. The van der Waals surface area contributed by atoms with Crippen molar-refractivity contribution in [3.05, 3.63) is 29.6 Å². The molecule has 4 nitrogen and oxygen atoms in total. The number of anilines is 1. The molecule has 0 aliphatic heterocycles. The van der Waals surface area contributed by atoms with Gasteiger partial charge in [-0.25, -0.2) is 13.1 Å². The molecule has 0 radical (unpaired) electrons. The number of unbranched alkanes of at least 4 members (excludes halogenated alkanes) is 2. The Kier molecular flexibility index (Phi) is 6.06. The Hall–Kier alpha value is -1.11. The molecule has 6 heteroatoms. The summed E-state index contributed by atoms with van der Waals surface area (Å²) in [4.78, 5) is 0.